The third-order valence-corrected chi connectivity index (χ3v) is 4.85. The van der Waals surface area contributed by atoms with Crippen molar-refractivity contribution in [2.45, 2.75) is 92.0 Å². The van der Waals surface area contributed by atoms with Gasteiger partial charge in [0.2, 0.25) is 0 Å². The van der Waals surface area contributed by atoms with E-state index < -0.39 is 6.29 Å². The summed E-state index contributed by atoms with van der Waals surface area (Å²) in [6.45, 7) is 14.2. The van der Waals surface area contributed by atoms with Crippen LogP contribution in [0, 0.1) is 35.5 Å². The van der Waals surface area contributed by atoms with Crippen molar-refractivity contribution in [3.63, 3.8) is 0 Å². The second-order valence-corrected chi connectivity index (χ2v) is 10.2. The van der Waals surface area contributed by atoms with Gasteiger partial charge in [0, 0.05) is 18.8 Å². The molecule has 0 radical (unpaired) electrons. The molecule has 1 aliphatic carbocycles. The fourth-order valence-corrected chi connectivity index (χ4v) is 3.53. The molecule has 5 heteroatoms. The molecule has 5 nitrogen and oxygen atoms in total. The van der Waals surface area contributed by atoms with E-state index in [2.05, 4.69) is 33.6 Å². The SMILES string of the molecule is C#C.CC(C)(C)CC(O)O.CC(C)(C)CC1OC[C@H]2OC[C@H](C3CC3)[C@H]2O1. The number of fused-ring (bicyclic) bond motifs is 1. The smallest absolute Gasteiger partial charge is 0.158 e. The Kier molecular flexibility index (Phi) is 9.24. The zero-order valence-corrected chi connectivity index (χ0v) is 18.0. The molecule has 27 heavy (non-hydrogen) atoms. The van der Waals surface area contributed by atoms with Gasteiger partial charge < -0.3 is 24.4 Å². The summed E-state index contributed by atoms with van der Waals surface area (Å²) in [6.07, 6.45) is 11.4. The molecule has 2 N–H and O–H groups in total. The molecule has 1 saturated carbocycles. The van der Waals surface area contributed by atoms with Crippen LogP contribution in [0.25, 0.3) is 0 Å². The maximum absolute atomic E-state index is 8.44. The number of ether oxygens (including phenoxy) is 3. The van der Waals surface area contributed by atoms with E-state index in [0.717, 1.165) is 18.9 Å². The minimum absolute atomic E-state index is 0.0220. The summed E-state index contributed by atoms with van der Waals surface area (Å²) >= 11 is 0. The van der Waals surface area contributed by atoms with Gasteiger partial charge in [-0.1, -0.05) is 41.5 Å². The largest absolute Gasteiger partial charge is 0.373 e. The maximum atomic E-state index is 8.44. The van der Waals surface area contributed by atoms with Gasteiger partial charge in [-0.25, -0.2) is 0 Å². The third-order valence-electron chi connectivity index (χ3n) is 4.85. The van der Waals surface area contributed by atoms with Crippen molar-refractivity contribution in [1.82, 2.24) is 0 Å². The molecule has 3 aliphatic rings. The van der Waals surface area contributed by atoms with Gasteiger partial charge in [-0.3, -0.25) is 0 Å². The van der Waals surface area contributed by atoms with Crippen LogP contribution in [0.2, 0.25) is 0 Å². The van der Waals surface area contributed by atoms with Crippen LogP contribution in [-0.4, -0.2) is 48.2 Å². The summed E-state index contributed by atoms with van der Waals surface area (Å²) in [5.74, 6) is 1.49. The Balaban J connectivity index is 0.000000312. The first-order valence-electron chi connectivity index (χ1n) is 10.0. The lowest BCUT2D eigenvalue weighted by Crippen LogP contribution is -2.45. The van der Waals surface area contributed by atoms with Crippen molar-refractivity contribution >= 4 is 0 Å². The summed E-state index contributed by atoms with van der Waals surface area (Å²) in [5, 5.41) is 16.9. The summed E-state index contributed by atoms with van der Waals surface area (Å²) in [5.41, 5.74) is 0.278. The standard InChI is InChI=1S/C14H24O3.C6H14O2.C2H2/c1-14(2,3)6-12-16-8-11-13(17-12)10(7-15-11)9-4-5-9;1-6(2,3)4-5(7)8;1-2/h9-13H,4-8H2,1-3H3;5,7-8H,4H2,1-3H3;1-2H/t10-,11-,12?,13-;;/m1../s1. The molecule has 3 rings (SSSR count). The van der Waals surface area contributed by atoms with Gasteiger partial charge in [-0.05, 0) is 29.6 Å². The highest BCUT2D eigenvalue weighted by Crippen LogP contribution is 2.45. The molecule has 2 aliphatic heterocycles. The van der Waals surface area contributed by atoms with Gasteiger partial charge in [0.1, 0.15) is 6.10 Å². The fraction of sp³-hybridized carbons (Fsp3) is 0.909. The van der Waals surface area contributed by atoms with Crippen molar-refractivity contribution in [3.8, 4) is 12.8 Å². The summed E-state index contributed by atoms with van der Waals surface area (Å²) in [7, 11) is 0. The maximum Gasteiger partial charge on any atom is 0.158 e. The molecule has 0 bridgehead atoms. The summed E-state index contributed by atoms with van der Waals surface area (Å²) in [4.78, 5) is 0. The summed E-state index contributed by atoms with van der Waals surface area (Å²) in [6, 6.07) is 0. The lowest BCUT2D eigenvalue weighted by atomic mass is 9.91. The lowest BCUT2D eigenvalue weighted by Gasteiger charge is -2.36. The van der Waals surface area contributed by atoms with Crippen LogP contribution in [0.15, 0.2) is 0 Å². The van der Waals surface area contributed by atoms with Gasteiger partial charge in [0.05, 0.1) is 19.3 Å². The van der Waals surface area contributed by atoms with Gasteiger partial charge in [0.15, 0.2) is 12.6 Å². The number of terminal acetylenes is 1. The first kappa shape index (κ1) is 24.4. The van der Waals surface area contributed by atoms with E-state index in [1.807, 2.05) is 20.8 Å². The topological polar surface area (TPSA) is 68.2 Å². The zero-order chi connectivity index (χ0) is 20.8. The minimum atomic E-state index is -1.16. The van der Waals surface area contributed by atoms with Crippen molar-refractivity contribution in [3.05, 3.63) is 0 Å². The van der Waals surface area contributed by atoms with Crippen molar-refractivity contribution < 1.29 is 24.4 Å². The van der Waals surface area contributed by atoms with Gasteiger partial charge in [-0.15, -0.1) is 12.8 Å². The predicted octanol–water partition coefficient (Wildman–Crippen LogP) is 3.57. The van der Waals surface area contributed by atoms with Crippen LogP contribution in [-0.2, 0) is 14.2 Å². The third kappa shape index (κ3) is 9.40. The first-order chi connectivity index (χ1) is 12.4. The minimum Gasteiger partial charge on any atom is -0.373 e. The number of rotatable bonds is 3. The molecule has 0 aromatic carbocycles. The van der Waals surface area contributed by atoms with Gasteiger partial charge in [0.25, 0.3) is 0 Å². The highest BCUT2D eigenvalue weighted by atomic mass is 16.7. The molecular weight excluding hydrogens is 344 g/mol. The normalized spacial score (nSPS) is 30.6. The molecule has 158 valence electrons. The Labute approximate surface area is 165 Å². The molecule has 2 saturated heterocycles. The van der Waals surface area contributed by atoms with E-state index >= 15 is 0 Å². The van der Waals surface area contributed by atoms with Crippen LogP contribution in [0.4, 0.5) is 0 Å². The summed E-state index contributed by atoms with van der Waals surface area (Å²) < 4.78 is 17.7. The van der Waals surface area contributed by atoms with E-state index in [1.54, 1.807) is 0 Å². The Morgan fingerprint density at radius 2 is 1.52 bits per heavy atom. The second-order valence-electron chi connectivity index (χ2n) is 10.2. The Hall–Kier alpha value is -0.640. The van der Waals surface area contributed by atoms with E-state index in [-0.39, 0.29) is 23.2 Å². The molecule has 4 atom stereocenters. The monoisotopic (exact) mass is 384 g/mol. The fourth-order valence-electron chi connectivity index (χ4n) is 3.53. The van der Waals surface area contributed by atoms with Crippen LogP contribution in [0.3, 0.4) is 0 Å². The molecule has 0 aromatic heterocycles. The van der Waals surface area contributed by atoms with Crippen molar-refractivity contribution in [2.75, 3.05) is 13.2 Å². The molecule has 0 aromatic rings. The molecular formula is C22H40O5. The number of hydrogen-bond donors (Lipinski definition) is 2. The first-order valence-corrected chi connectivity index (χ1v) is 10.0. The Morgan fingerprint density at radius 3 is 1.93 bits per heavy atom. The van der Waals surface area contributed by atoms with Crippen LogP contribution in [0.5, 0.6) is 0 Å². The highest BCUT2D eigenvalue weighted by Gasteiger charge is 2.49. The molecule has 3 fully saturated rings. The van der Waals surface area contributed by atoms with Crippen molar-refractivity contribution in [1.29, 1.82) is 0 Å². The Bertz CT molecular complexity index is 442. The highest BCUT2D eigenvalue weighted by molar-refractivity contribution is 4.95. The lowest BCUT2D eigenvalue weighted by molar-refractivity contribution is -0.252. The van der Waals surface area contributed by atoms with E-state index in [0.29, 0.717) is 25.0 Å². The quantitative estimate of drug-likeness (QED) is 0.575. The second kappa shape index (κ2) is 10.2. The van der Waals surface area contributed by atoms with E-state index in [9.17, 15) is 0 Å². The number of aliphatic hydroxyl groups is 2. The zero-order valence-electron chi connectivity index (χ0n) is 18.0. The number of aliphatic hydroxyl groups excluding tert-OH is 1. The van der Waals surface area contributed by atoms with E-state index in [4.69, 9.17) is 24.4 Å². The Morgan fingerprint density at radius 1 is 0.926 bits per heavy atom. The van der Waals surface area contributed by atoms with Crippen LogP contribution < -0.4 is 0 Å². The average molecular weight is 385 g/mol. The molecule has 1 unspecified atom stereocenters. The van der Waals surface area contributed by atoms with Crippen molar-refractivity contribution in [2.24, 2.45) is 22.7 Å². The van der Waals surface area contributed by atoms with Crippen LogP contribution >= 0.6 is 0 Å². The molecule has 2 heterocycles. The van der Waals surface area contributed by atoms with Crippen LogP contribution in [0.1, 0.15) is 67.2 Å². The van der Waals surface area contributed by atoms with Gasteiger partial charge in [-0.2, -0.15) is 0 Å². The molecule has 0 spiro atoms. The molecule has 0 amide bonds. The predicted molar refractivity (Wildman–Crippen MR) is 107 cm³/mol. The number of hydrogen-bond acceptors (Lipinski definition) is 5. The van der Waals surface area contributed by atoms with Gasteiger partial charge >= 0.3 is 0 Å². The average Bonchev–Trinajstić information content (AvgIpc) is 3.26. The van der Waals surface area contributed by atoms with E-state index in [1.165, 1.54) is 12.8 Å².